The molecule has 19 heavy (non-hydrogen) atoms. The van der Waals surface area contributed by atoms with Gasteiger partial charge in [0.2, 0.25) is 5.91 Å². The summed E-state index contributed by atoms with van der Waals surface area (Å²) in [5, 5.41) is 9.37. The summed E-state index contributed by atoms with van der Waals surface area (Å²) in [6, 6.07) is 12.0. The van der Waals surface area contributed by atoms with Crippen molar-refractivity contribution in [2.45, 2.75) is 19.4 Å². The molecule has 0 atom stereocenters. The summed E-state index contributed by atoms with van der Waals surface area (Å²) in [5.41, 5.74) is 0.167. The van der Waals surface area contributed by atoms with Crippen molar-refractivity contribution in [3.63, 3.8) is 0 Å². The summed E-state index contributed by atoms with van der Waals surface area (Å²) >= 11 is 0. The molecule has 1 amide bonds. The third kappa shape index (κ3) is 2.94. The number of nitriles is 1. The SMILES string of the molecule is CN(Cc1ccccc1)C(=O)C1(C#N)CCOCC1. The van der Waals surface area contributed by atoms with Crippen LogP contribution in [0.4, 0.5) is 0 Å². The van der Waals surface area contributed by atoms with E-state index in [2.05, 4.69) is 6.07 Å². The van der Waals surface area contributed by atoms with E-state index in [4.69, 9.17) is 4.74 Å². The van der Waals surface area contributed by atoms with Crippen molar-refractivity contribution in [3.05, 3.63) is 35.9 Å². The van der Waals surface area contributed by atoms with Gasteiger partial charge in [0.25, 0.3) is 0 Å². The summed E-state index contributed by atoms with van der Waals surface area (Å²) in [4.78, 5) is 14.1. The van der Waals surface area contributed by atoms with E-state index in [-0.39, 0.29) is 5.91 Å². The Balaban J connectivity index is 2.08. The molecule has 1 aliphatic heterocycles. The van der Waals surface area contributed by atoms with Crippen LogP contribution in [-0.4, -0.2) is 31.1 Å². The van der Waals surface area contributed by atoms with Crippen LogP contribution in [-0.2, 0) is 16.1 Å². The molecule has 1 aromatic rings. The highest BCUT2D eigenvalue weighted by Gasteiger charge is 2.42. The lowest BCUT2D eigenvalue weighted by atomic mass is 9.80. The van der Waals surface area contributed by atoms with Crippen LogP contribution < -0.4 is 0 Å². The van der Waals surface area contributed by atoms with Crippen molar-refractivity contribution in [1.82, 2.24) is 4.90 Å². The lowest BCUT2D eigenvalue weighted by Gasteiger charge is -2.33. The predicted molar refractivity (Wildman–Crippen MR) is 71.0 cm³/mol. The van der Waals surface area contributed by atoms with Crippen molar-refractivity contribution in [3.8, 4) is 6.07 Å². The Morgan fingerprint density at radius 3 is 2.58 bits per heavy atom. The van der Waals surface area contributed by atoms with Gasteiger partial charge in [0, 0.05) is 26.8 Å². The van der Waals surface area contributed by atoms with Crippen molar-refractivity contribution in [2.75, 3.05) is 20.3 Å². The summed E-state index contributed by atoms with van der Waals surface area (Å²) in [7, 11) is 1.75. The van der Waals surface area contributed by atoms with Gasteiger partial charge in [-0.1, -0.05) is 30.3 Å². The second-order valence-electron chi connectivity index (χ2n) is 4.95. The molecular weight excluding hydrogens is 240 g/mol. The van der Waals surface area contributed by atoms with Gasteiger partial charge in [0.1, 0.15) is 5.41 Å². The van der Waals surface area contributed by atoms with Crippen LogP contribution in [0.5, 0.6) is 0 Å². The van der Waals surface area contributed by atoms with Crippen molar-refractivity contribution in [1.29, 1.82) is 5.26 Å². The van der Waals surface area contributed by atoms with Crippen LogP contribution >= 0.6 is 0 Å². The minimum Gasteiger partial charge on any atom is -0.381 e. The Hall–Kier alpha value is -1.86. The van der Waals surface area contributed by atoms with E-state index in [0.29, 0.717) is 32.6 Å². The van der Waals surface area contributed by atoms with Gasteiger partial charge in [-0.05, 0) is 18.4 Å². The first kappa shape index (κ1) is 13.6. The van der Waals surface area contributed by atoms with Gasteiger partial charge < -0.3 is 9.64 Å². The van der Waals surface area contributed by atoms with Crippen molar-refractivity contribution < 1.29 is 9.53 Å². The van der Waals surface area contributed by atoms with Crippen molar-refractivity contribution >= 4 is 5.91 Å². The number of hydrogen-bond donors (Lipinski definition) is 0. The van der Waals surface area contributed by atoms with Gasteiger partial charge in [0.05, 0.1) is 6.07 Å². The number of amides is 1. The molecule has 0 saturated carbocycles. The zero-order valence-corrected chi connectivity index (χ0v) is 11.1. The molecule has 1 aromatic carbocycles. The van der Waals surface area contributed by atoms with Gasteiger partial charge in [-0.15, -0.1) is 0 Å². The van der Waals surface area contributed by atoms with Crippen LogP contribution in [0.3, 0.4) is 0 Å². The number of nitrogens with zero attached hydrogens (tertiary/aromatic N) is 2. The van der Waals surface area contributed by atoms with Crippen molar-refractivity contribution in [2.24, 2.45) is 5.41 Å². The standard InChI is InChI=1S/C15H18N2O2/c1-17(11-13-5-3-2-4-6-13)14(18)15(12-16)7-9-19-10-8-15/h2-6H,7-11H2,1H3. The van der Waals surface area contributed by atoms with Gasteiger partial charge in [-0.2, -0.15) is 5.26 Å². The van der Waals surface area contributed by atoms with Gasteiger partial charge in [-0.3, -0.25) is 4.79 Å². The Kier molecular flexibility index (Phi) is 4.18. The molecule has 1 fully saturated rings. The Morgan fingerprint density at radius 2 is 2.00 bits per heavy atom. The molecule has 1 aliphatic rings. The average Bonchev–Trinajstić information content (AvgIpc) is 2.48. The lowest BCUT2D eigenvalue weighted by Crippen LogP contribution is -2.44. The molecule has 0 radical (unpaired) electrons. The second kappa shape index (κ2) is 5.85. The van der Waals surface area contributed by atoms with E-state index in [1.807, 2.05) is 30.3 Å². The fourth-order valence-corrected chi connectivity index (χ4v) is 2.39. The van der Waals surface area contributed by atoms with Gasteiger partial charge in [0.15, 0.2) is 0 Å². The highest BCUT2D eigenvalue weighted by atomic mass is 16.5. The van der Waals surface area contributed by atoms with Crippen LogP contribution in [0.2, 0.25) is 0 Å². The minimum atomic E-state index is -0.901. The molecule has 100 valence electrons. The molecule has 0 aliphatic carbocycles. The summed E-state index contributed by atoms with van der Waals surface area (Å²) in [6.45, 7) is 1.50. The maximum Gasteiger partial charge on any atom is 0.243 e. The maximum atomic E-state index is 12.5. The first-order valence-electron chi connectivity index (χ1n) is 6.46. The average molecular weight is 258 g/mol. The van der Waals surface area contributed by atoms with E-state index in [1.54, 1.807) is 11.9 Å². The first-order chi connectivity index (χ1) is 9.18. The van der Waals surface area contributed by atoms with E-state index >= 15 is 0 Å². The highest BCUT2D eigenvalue weighted by Crippen LogP contribution is 2.32. The summed E-state index contributed by atoms with van der Waals surface area (Å²) < 4.78 is 5.25. The molecule has 0 aromatic heterocycles. The van der Waals surface area contributed by atoms with E-state index in [0.717, 1.165) is 5.56 Å². The quantitative estimate of drug-likeness (QED) is 0.833. The molecule has 1 saturated heterocycles. The smallest absolute Gasteiger partial charge is 0.243 e. The first-order valence-corrected chi connectivity index (χ1v) is 6.46. The molecular formula is C15H18N2O2. The second-order valence-corrected chi connectivity index (χ2v) is 4.95. The maximum absolute atomic E-state index is 12.5. The number of carbonyl (C=O) groups is 1. The molecule has 0 unspecified atom stereocenters. The van der Waals surface area contributed by atoms with Crippen LogP contribution in [0.15, 0.2) is 30.3 Å². The third-order valence-corrected chi connectivity index (χ3v) is 3.58. The molecule has 0 N–H and O–H groups in total. The van der Waals surface area contributed by atoms with Crippen LogP contribution in [0, 0.1) is 16.7 Å². The number of rotatable bonds is 3. The molecule has 4 nitrogen and oxygen atoms in total. The van der Waals surface area contributed by atoms with Gasteiger partial charge >= 0.3 is 0 Å². The van der Waals surface area contributed by atoms with Crippen LogP contribution in [0.25, 0.3) is 0 Å². The van der Waals surface area contributed by atoms with Gasteiger partial charge in [-0.25, -0.2) is 0 Å². The molecule has 1 heterocycles. The molecule has 2 rings (SSSR count). The highest BCUT2D eigenvalue weighted by molar-refractivity contribution is 5.85. The number of carbonyl (C=O) groups excluding carboxylic acids is 1. The molecule has 0 spiro atoms. The van der Waals surface area contributed by atoms with Crippen LogP contribution in [0.1, 0.15) is 18.4 Å². The fourth-order valence-electron chi connectivity index (χ4n) is 2.39. The largest absolute Gasteiger partial charge is 0.381 e. The summed E-state index contributed by atoms with van der Waals surface area (Å²) in [6.07, 6.45) is 0.975. The monoisotopic (exact) mass is 258 g/mol. The zero-order valence-electron chi connectivity index (χ0n) is 11.1. The molecule has 4 heteroatoms. The predicted octanol–water partition coefficient (Wildman–Crippen LogP) is 1.97. The number of hydrogen-bond acceptors (Lipinski definition) is 3. The fraction of sp³-hybridized carbons (Fsp3) is 0.467. The lowest BCUT2D eigenvalue weighted by molar-refractivity contribution is -0.142. The van der Waals surface area contributed by atoms with E-state index < -0.39 is 5.41 Å². The van der Waals surface area contributed by atoms with E-state index in [1.165, 1.54) is 0 Å². The normalized spacial score (nSPS) is 17.5. The van der Waals surface area contributed by atoms with E-state index in [9.17, 15) is 10.1 Å². The molecule has 0 bridgehead atoms. The number of benzene rings is 1. The Morgan fingerprint density at radius 1 is 1.37 bits per heavy atom. The Bertz CT molecular complexity index is 473. The topological polar surface area (TPSA) is 53.3 Å². The zero-order chi connectivity index (χ0) is 13.7. The Labute approximate surface area is 113 Å². The number of ether oxygens (including phenoxy) is 1. The third-order valence-electron chi connectivity index (χ3n) is 3.58. The summed E-state index contributed by atoms with van der Waals surface area (Å²) in [5.74, 6) is -0.0952. The minimum absolute atomic E-state index is 0.0952.